The molecule has 3 saturated carbocycles. The number of carbonyl (C=O) groups excluding carboxylic acids is 3. The summed E-state index contributed by atoms with van der Waals surface area (Å²) < 4.78 is 34.0. The molecule has 4 aliphatic rings. The van der Waals surface area contributed by atoms with Crippen LogP contribution in [0.15, 0.2) is 48.1 Å². The van der Waals surface area contributed by atoms with Crippen molar-refractivity contribution in [3.8, 4) is 5.75 Å². The number of nitrogens with one attached hydrogen (secondary N) is 1. The van der Waals surface area contributed by atoms with Gasteiger partial charge >= 0.3 is 12.7 Å². The van der Waals surface area contributed by atoms with E-state index in [0.717, 1.165) is 18.4 Å². The zero-order valence-corrected chi connectivity index (χ0v) is 21.9. The first-order valence-electron chi connectivity index (χ1n) is 13.2. The lowest BCUT2D eigenvalue weighted by molar-refractivity contribution is -0.178. The van der Waals surface area contributed by atoms with E-state index in [9.17, 15) is 33.4 Å². The molecule has 0 heterocycles. The molecule has 3 fully saturated rings. The minimum absolute atomic E-state index is 0.0212. The molecule has 0 saturated heterocycles. The van der Waals surface area contributed by atoms with Crippen molar-refractivity contribution < 1.29 is 42.9 Å². The minimum Gasteiger partial charge on any atom is -0.441 e. The highest BCUT2D eigenvalue weighted by Crippen LogP contribution is 2.67. The molecule has 0 radical (unpaired) electrons. The van der Waals surface area contributed by atoms with Crippen LogP contribution in [0.1, 0.15) is 46.0 Å². The number of anilines is 1. The highest BCUT2D eigenvalue weighted by Gasteiger charge is 2.68. The van der Waals surface area contributed by atoms with Crippen LogP contribution in [-0.4, -0.2) is 52.8 Å². The van der Waals surface area contributed by atoms with Gasteiger partial charge in [0.1, 0.15) is 11.4 Å². The maximum atomic E-state index is 13.3. The van der Waals surface area contributed by atoms with Crippen molar-refractivity contribution in [2.24, 2.45) is 28.6 Å². The Morgan fingerprint density at radius 3 is 2.59 bits per heavy atom. The number of halogens is 2. The molecule has 0 aliphatic heterocycles. The molecule has 1 aromatic carbocycles. The summed E-state index contributed by atoms with van der Waals surface area (Å²) in [6.07, 6.45) is 5.92. The largest absolute Gasteiger partial charge is 0.441 e. The van der Waals surface area contributed by atoms with Gasteiger partial charge in [0, 0.05) is 22.4 Å². The van der Waals surface area contributed by atoms with E-state index in [-0.39, 0.29) is 47.8 Å². The van der Waals surface area contributed by atoms with Crippen molar-refractivity contribution in [2.45, 2.75) is 64.3 Å². The lowest BCUT2D eigenvalue weighted by Gasteiger charge is -2.59. The van der Waals surface area contributed by atoms with Crippen molar-refractivity contribution in [3.05, 3.63) is 48.1 Å². The fourth-order valence-corrected chi connectivity index (χ4v) is 7.91. The van der Waals surface area contributed by atoms with Crippen LogP contribution in [0.25, 0.3) is 0 Å². The summed E-state index contributed by atoms with van der Waals surface area (Å²) in [6.45, 7) is 0.280. The third kappa shape index (κ3) is 4.57. The number of carbonyl (C=O) groups is 3. The van der Waals surface area contributed by atoms with Crippen LogP contribution in [-0.2, 0) is 14.3 Å². The van der Waals surface area contributed by atoms with Gasteiger partial charge in [-0.1, -0.05) is 25.5 Å². The molecular formula is C29H33F2NO7. The number of aliphatic hydroxyl groups is 2. The van der Waals surface area contributed by atoms with Crippen LogP contribution < -0.4 is 10.1 Å². The number of fused-ring (bicyclic) bond motifs is 5. The number of amides is 1. The zero-order valence-electron chi connectivity index (χ0n) is 21.9. The Morgan fingerprint density at radius 1 is 1.18 bits per heavy atom. The number of alkyl halides is 2. The molecule has 1 amide bonds. The second-order valence-corrected chi connectivity index (χ2v) is 11.6. The van der Waals surface area contributed by atoms with Crippen LogP contribution in [0.4, 0.5) is 19.3 Å². The summed E-state index contributed by atoms with van der Waals surface area (Å²) in [6, 6.07) is 5.20. The number of aliphatic hydroxyl groups excluding tert-OH is 1. The van der Waals surface area contributed by atoms with Crippen molar-refractivity contribution in [2.75, 3.05) is 11.9 Å². The molecule has 3 N–H and O–H groups in total. The standard InChI is InChI=1S/C29H33F2NO7/c1-27-11-9-18(33)13-16(27)3-8-20-21-10-12-29(37,28(21,2)14-22(34)24(20)27)23(35)15-38-26(36)32-17-4-6-19(7-5-17)39-25(30)31/h4-7,9,11,13,20-22,24-25,34,37H,3,8,10,12,14-15H2,1-2H3,(H,32,36)/t20?,21?,22-,24?,27?,28?,29-/m0/s1. The highest BCUT2D eigenvalue weighted by atomic mass is 19.3. The fourth-order valence-electron chi connectivity index (χ4n) is 7.91. The van der Waals surface area contributed by atoms with Crippen molar-refractivity contribution in [3.63, 3.8) is 0 Å². The monoisotopic (exact) mass is 545 g/mol. The number of allylic oxidation sites excluding steroid dienone is 4. The molecule has 4 aliphatic carbocycles. The Hall–Kier alpha value is -3.11. The summed E-state index contributed by atoms with van der Waals surface area (Å²) in [5, 5.41) is 25.6. The maximum Gasteiger partial charge on any atom is 0.412 e. The van der Waals surface area contributed by atoms with Gasteiger partial charge in [-0.15, -0.1) is 0 Å². The molecule has 10 heteroatoms. The Morgan fingerprint density at radius 2 is 1.90 bits per heavy atom. The first kappa shape index (κ1) is 27.5. The number of rotatable bonds is 6. The number of hydrogen-bond donors (Lipinski definition) is 3. The maximum absolute atomic E-state index is 13.3. The van der Waals surface area contributed by atoms with Crippen LogP contribution in [0.5, 0.6) is 5.75 Å². The Kier molecular flexibility index (Phi) is 6.91. The van der Waals surface area contributed by atoms with E-state index in [1.165, 1.54) is 24.3 Å². The predicted octanol–water partition coefficient (Wildman–Crippen LogP) is 4.42. The van der Waals surface area contributed by atoms with E-state index in [1.54, 1.807) is 12.2 Å². The summed E-state index contributed by atoms with van der Waals surface area (Å²) in [7, 11) is 0. The van der Waals surface area contributed by atoms with Crippen molar-refractivity contribution >= 4 is 23.3 Å². The number of ether oxygens (including phenoxy) is 2. The lowest BCUT2D eigenvalue weighted by Crippen LogP contribution is -2.61. The van der Waals surface area contributed by atoms with Crippen LogP contribution >= 0.6 is 0 Å². The Balaban J connectivity index is 1.26. The lowest BCUT2D eigenvalue weighted by atomic mass is 9.46. The van der Waals surface area contributed by atoms with Gasteiger partial charge in [0.15, 0.2) is 12.4 Å². The van der Waals surface area contributed by atoms with E-state index >= 15 is 0 Å². The molecule has 0 bridgehead atoms. The smallest absolute Gasteiger partial charge is 0.412 e. The summed E-state index contributed by atoms with van der Waals surface area (Å²) >= 11 is 0. The molecule has 39 heavy (non-hydrogen) atoms. The number of benzene rings is 1. The Labute approximate surface area is 225 Å². The van der Waals surface area contributed by atoms with Gasteiger partial charge in [-0.2, -0.15) is 8.78 Å². The summed E-state index contributed by atoms with van der Waals surface area (Å²) in [5.74, 6) is -0.835. The molecule has 5 unspecified atom stereocenters. The summed E-state index contributed by atoms with van der Waals surface area (Å²) in [4.78, 5) is 37.6. The van der Waals surface area contributed by atoms with Crippen LogP contribution in [0, 0.1) is 28.6 Å². The second-order valence-electron chi connectivity index (χ2n) is 11.6. The second kappa shape index (κ2) is 9.82. The summed E-state index contributed by atoms with van der Waals surface area (Å²) in [5.41, 5.74) is -1.85. The van der Waals surface area contributed by atoms with Gasteiger partial charge in [-0.3, -0.25) is 14.9 Å². The fraction of sp³-hybridized carbons (Fsp3) is 0.552. The molecule has 1 aromatic rings. The number of hydrogen-bond acceptors (Lipinski definition) is 7. The minimum atomic E-state index is -2.97. The third-order valence-electron chi connectivity index (χ3n) is 9.77. The van der Waals surface area contributed by atoms with Gasteiger partial charge in [0.05, 0.1) is 6.10 Å². The molecule has 8 nitrogen and oxygen atoms in total. The number of ketones is 2. The predicted molar refractivity (Wildman–Crippen MR) is 136 cm³/mol. The van der Waals surface area contributed by atoms with Gasteiger partial charge in [0.25, 0.3) is 0 Å². The first-order chi connectivity index (χ1) is 18.4. The van der Waals surface area contributed by atoms with Gasteiger partial charge in [0.2, 0.25) is 5.78 Å². The molecule has 7 atom stereocenters. The van der Waals surface area contributed by atoms with Crippen LogP contribution in [0.2, 0.25) is 0 Å². The highest BCUT2D eigenvalue weighted by molar-refractivity contribution is 6.01. The Bertz CT molecular complexity index is 1230. The molecule has 0 spiro atoms. The molecule has 0 aromatic heterocycles. The quantitative estimate of drug-likeness (QED) is 0.484. The van der Waals surface area contributed by atoms with E-state index in [1.807, 2.05) is 13.0 Å². The number of Topliss-reactive ketones (excluding diaryl/α,β-unsaturated/α-hetero) is 1. The SMILES string of the molecule is CC12C=CC(=O)C=C1CCC1C2[C@@H](O)CC2(C)C1CC[C@]2(O)C(=O)COC(=O)Nc1ccc(OC(F)F)cc1. The van der Waals surface area contributed by atoms with Crippen molar-refractivity contribution in [1.29, 1.82) is 0 Å². The average Bonchev–Trinajstić information content (AvgIpc) is 3.14. The van der Waals surface area contributed by atoms with E-state index < -0.39 is 47.6 Å². The van der Waals surface area contributed by atoms with Gasteiger partial charge in [-0.05, 0) is 80.4 Å². The molecular weight excluding hydrogens is 512 g/mol. The average molecular weight is 546 g/mol. The molecule has 210 valence electrons. The zero-order chi connectivity index (χ0) is 28.2. The van der Waals surface area contributed by atoms with Gasteiger partial charge in [-0.25, -0.2) is 4.79 Å². The van der Waals surface area contributed by atoms with E-state index in [0.29, 0.717) is 6.42 Å². The topological polar surface area (TPSA) is 122 Å². The van der Waals surface area contributed by atoms with Crippen LogP contribution in [0.3, 0.4) is 0 Å². The van der Waals surface area contributed by atoms with Gasteiger partial charge < -0.3 is 19.7 Å². The van der Waals surface area contributed by atoms with E-state index in [4.69, 9.17) is 4.74 Å². The normalized spacial score (nSPS) is 36.9. The van der Waals surface area contributed by atoms with E-state index in [2.05, 4.69) is 17.0 Å². The van der Waals surface area contributed by atoms with Crippen molar-refractivity contribution in [1.82, 2.24) is 0 Å². The first-order valence-corrected chi connectivity index (χ1v) is 13.2. The third-order valence-corrected chi connectivity index (χ3v) is 9.77. The molecule has 5 rings (SSSR count).